The van der Waals surface area contributed by atoms with Crippen molar-refractivity contribution in [3.8, 4) is 5.75 Å². The summed E-state index contributed by atoms with van der Waals surface area (Å²) in [6, 6.07) is 17.6. The summed E-state index contributed by atoms with van der Waals surface area (Å²) >= 11 is 6.49. The van der Waals surface area contributed by atoms with Crippen molar-refractivity contribution >= 4 is 39.7 Å². The molecule has 0 bridgehead atoms. The third-order valence-corrected chi connectivity index (χ3v) is 6.76. The molecule has 0 amide bonds. The van der Waals surface area contributed by atoms with E-state index in [1.165, 1.54) is 31.3 Å². The van der Waals surface area contributed by atoms with Gasteiger partial charge in [0.05, 0.1) is 22.8 Å². The number of aromatic nitrogens is 2. The highest BCUT2D eigenvalue weighted by Crippen LogP contribution is 2.33. The monoisotopic (exact) mass is 529 g/mol. The molecule has 192 valence electrons. The van der Waals surface area contributed by atoms with Crippen molar-refractivity contribution < 1.29 is 9.13 Å². The van der Waals surface area contributed by atoms with E-state index in [1.807, 2.05) is 29.3 Å². The minimum absolute atomic E-state index is 0.215. The van der Waals surface area contributed by atoms with E-state index in [0.29, 0.717) is 23.1 Å². The fourth-order valence-corrected chi connectivity index (χ4v) is 4.78. The summed E-state index contributed by atoms with van der Waals surface area (Å²) in [7, 11) is 0. The molecule has 3 heterocycles. The van der Waals surface area contributed by atoms with Crippen LogP contribution in [0.3, 0.4) is 0 Å². The molecule has 4 aromatic rings. The second-order valence-corrected chi connectivity index (χ2v) is 9.63. The van der Waals surface area contributed by atoms with Gasteiger partial charge in [0.25, 0.3) is 0 Å². The standard InChI is InChI=1S/C28H25ClFN7O/c29-25-13-21(6-9-27(25)38-17-19-4-3-5-20(30)12-19)33-28-24-14-23(7-8-26(24)31-18-32-28)37-16-22(34-35-37)15-36-10-1-2-11-36/h3-9,12-15,18H,1-2,10-11,16-17H2,(H,31,32,33)/b22-15+. The normalized spacial score (nSPS) is 16.1. The highest BCUT2D eigenvalue weighted by atomic mass is 35.5. The number of likely N-dealkylation sites (tertiary alicyclic amines) is 1. The molecule has 0 aliphatic carbocycles. The van der Waals surface area contributed by atoms with Gasteiger partial charge in [-0.1, -0.05) is 29.0 Å². The fourth-order valence-electron chi connectivity index (χ4n) is 4.54. The summed E-state index contributed by atoms with van der Waals surface area (Å²) in [5.41, 5.74) is 4.13. The molecule has 38 heavy (non-hydrogen) atoms. The van der Waals surface area contributed by atoms with Gasteiger partial charge in [-0.3, -0.25) is 0 Å². The number of hydrogen-bond donors (Lipinski definition) is 1. The first-order chi connectivity index (χ1) is 18.6. The maximum absolute atomic E-state index is 13.4. The third-order valence-electron chi connectivity index (χ3n) is 6.46. The Labute approximate surface area is 224 Å². The Balaban J connectivity index is 1.18. The first-order valence-electron chi connectivity index (χ1n) is 12.4. The maximum atomic E-state index is 13.4. The zero-order chi connectivity index (χ0) is 25.9. The Kier molecular flexibility index (Phi) is 6.75. The summed E-state index contributed by atoms with van der Waals surface area (Å²) in [6.45, 7) is 2.98. The van der Waals surface area contributed by atoms with Crippen molar-refractivity contribution in [2.75, 3.05) is 30.0 Å². The van der Waals surface area contributed by atoms with E-state index in [9.17, 15) is 4.39 Å². The highest BCUT2D eigenvalue weighted by molar-refractivity contribution is 6.32. The molecule has 0 radical (unpaired) electrons. The molecule has 2 aliphatic rings. The molecule has 3 aromatic carbocycles. The molecule has 1 N–H and O–H groups in total. The van der Waals surface area contributed by atoms with Crippen molar-refractivity contribution in [2.45, 2.75) is 19.4 Å². The van der Waals surface area contributed by atoms with E-state index in [-0.39, 0.29) is 12.4 Å². The number of rotatable bonds is 7. The SMILES string of the molecule is Fc1cccc(COc2ccc(Nc3ncnc4ccc(N5C/C(=C\N6CCCC6)N=N5)cc34)cc2Cl)c1. The summed E-state index contributed by atoms with van der Waals surface area (Å²) < 4.78 is 19.2. The second kappa shape index (κ2) is 10.6. The van der Waals surface area contributed by atoms with E-state index >= 15 is 0 Å². The first-order valence-corrected chi connectivity index (χ1v) is 12.8. The van der Waals surface area contributed by atoms with Crippen LogP contribution < -0.4 is 15.1 Å². The number of nitrogens with zero attached hydrogens (tertiary/aromatic N) is 6. The molecule has 1 saturated heterocycles. The quantitative estimate of drug-likeness (QED) is 0.281. The van der Waals surface area contributed by atoms with Crippen molar-refractivity contribution in [1.29, 1.82) is 0 Å². The van der Waals surface area contributed by atoms with Gasteiger partial charge in [0, 0.05) is 30.4 Å². The van der Waals surface area contributed by atoms with E-state index < -0.39 is 0 Å². The number of ether oxygens (including phenoxy) is 1. The smallest absolute Gasteiger partial charge is 0.141 e. The van der Waals surface area contributed by atoms with Crippen molar-refractivity contribution in [1.82, 2.24) is 14.9 Å². The largest absolute Gasteiger partial charge is 0.487 e. The lowest BCUT2D eigenvalue weighted by atomic mass is 10.2. The van der Waals surface area contributed by atoms with Gasteiger partial charge in [-0.15, -0.1) is 5.11 Å². The van der Waals surface area contributed by atoms with Gasteiger partial charge in [-0.05, 0) is 66.9 Å². The number of benzene rings is 3. The third kappa shape index (κ3) is 5.38. The predicted octanol–water partition coefficient (Wildman–Crippen LogP) is 6.87. The van der Waals surface area contributed by atoms with Crippen LogP contribution in [0.4, 0.5) is 21.6 Å². The molecule has 0 atom stereocenters. The molecule has 2 aliphatic heterocycles. The Bertz CT molecular complexity index is 1540. The van der Waals surface area contributed by atoms with Crippen LogP contribution in [-0.2, 0) is 6.61 Å². The van der Waals surface area contributed by atoms with Crippen molar-refractivity contribution in [3.63, 3.8) is 0 Å². The van der Waals surface area contributed by atoms with Crippen LogP contribution in [0.25, 0.3) is 10.9 Å². The van der Waals surface area contributed by atoms with Crippen LogP contribution >= 0.6 is 11.6 Å². The molecule has 0 unspecified atom stereocenters. The summed E-state index contributed by atoms with van der Waals surface area (Å²) in [6.07, 6.45) is 6.08. The van der Waals surface area contributed by atoms with E-state index in [4.69, 9.17) is 16.3 Å². The lowest BCUT2D eigenvalue weighted by molar-refractivity contribution is 0.306. The van der Waals surface area contributed by atoms with Crippen LogP contribution in [0.2, 0.25) is 5.02 Å². The van der Waals surface area contributed by atoms with Gasteiger partial charge < -0.3 is 15.0 Å². The molecular formula is C28H25ClFN7O. The van der Waals surface area contributed by atoms with Crippen LogP contribution in [0.5, 0.6) is 5.75 Å². The van der Waals surface area contributed by atoms with Gasteiger partial charge in [-0.25, -0.2) is 19.4 Å². The van der Waals surface area contributed by atoms with E-state index in [0.717, 1.165) is 46.6 Å². The van der Waals surface area contributed by atoms with Crippen molar-refractivity contribution in [3.05, 3.63) is 95.3 Å². The summed E-state index contributed by atoms with van der Waals surface area (Å²) in [5.74, 6) is 0.850. The van der Waals surface area contributed by atoms with Crippen LogP contribution in [-0.4, -0.2) is 34.5 Å². The molecule has 6 rings (SSSR count). The number of fused-ring (bicyclic) bond motifs is 1. The lowest BCUT2D eigenvalue weighted by Gasteiger charge is -2.15. The van der Waals surface area contributed by atoms with Gasteiger partial charge in [0.2, 0.25) is 0 Å². The van der Waals surface area contributed by atoms with Crippen LogP contribution in [0, 0.1) is 5.82 Å². The maximum Gasteiger partial charge on any atom is 0.141 e. The van der Waals surface area contributed by atoms with Crippen LogP contribution in [0.1, 0.15) is 18.4 Å². The summed E-state index contributed by atoms with van der Waals surface area (Å²) in [5, 5.41) is 15.2. The second-order valence-electron chi connectivity index (χ2n) is 9.22. The number of anilines is 3. The van der Waals surface area contributed by atoms with E-state index in [2.05, 4.69) is 36.7 Å². The molecule has 1 aromatic heterocycles. The zero-order valence-corrected chi connectivity index (χ0v) is 21.3. The van der Waals surface area contributed by atoms with Gasteiger partial charge in [0.15, 0.2) is 0 Å². The van der Waals surface area contributed by atoms with Gasteiger partial charge in [-0.2, -0.15) is 0 Å². The predicted molar refractivity (Wildman–Crippen MR) is 146 cm³/mol. The molecule has 10 heteroatoms. The fraction of sp³-hybridized carbons (Fsp3) is 0.214. The Morgan fingerprint density at radius 2 is 1.92 bits per heavy atom. The molecule has 1 fully saturated rings. The summed E-state index contributed by atoms with van der Waals surface area (Å²) in [4.78, 5) is 11.2. The van der Waals surface area contributed by atoms with Crippen LogP contribution in [0.15, 0.2) is 89.2 Å². The number of hydrogen-bond acceptors (Lipinski definition) is 8. The molecule has 0 saturated carbocycles. The minimum atomic E-state index is -0.302. The Morgan fingerprint density at radius 1 is 1.03 bits per heavy atom. The zero-order valence-electron chi connectivity index (χ0n) is 20.5. The average molecular weight is 530 g/mol. The van der Waals surface area contributed by atoms with E-state index in [1.54, 1.807) is 24.3 Å². The molecular weight excluding hydrogens is 505 g/mol. The topological polar surface area (TPSA) is 78.2 Å². The van der Waals surface area contributed by atoms with Gasteiger partial charge in [0.1, 0.15) is 36.0 Å². The Hall–Kier alpha value is -4.24. The molecule has 0 spiro atoms. The number of nitrogens with one attached hydrogen (secondary N) is 1. The highest BCUT2D eigenvalue weighted by Gasteiger charge is 2.18. The van der Waals surface area contributed by atoms with Gasteiger partial charge >= 0.3 is 0 Å². The first kappa shape index (κ1) is 24.1. The Morgan fingerprint density at radius 3 is 2.76 bits per heavy atom. The average Bonchev–Trinajstić information content (AvgIpc) is 3.61. The molecule has 8 nitrogen and oxygen atoms in total. The number of halogens is 2. The van der Waals surface area contributed by atoms with Crippen molar-refractivity contribution in [2.24, 2.45) is 10.3 Å². The lowest BCUT2D eigenvalue weighted by Crippen LogP contribution is -2.16. The minimum Gasteiger partial charge on any atom is -0.487 e.